The Balaban J connectivity index is 2.75. The molecular weight excluding hydrogens is 178 g/mol. The molecule has 60 valence electrons. The lowest BCUT2D eigenvalue weighted by molar-refractivity contribution is 0.111. The summed E-state index contributed by atoms with van der Waals surface area (Å²) in [5.41, 5.74) is 0.987. The zero-order valence-electron chi connectivity index (χ0n) is 5.94. The molecule has 2 rings (SSSR count). The zero-order valence-corrected chi connectivity index (χ0v) is 6.69. The summed E-state index contributed by atoms with van der Waals surface area (Å²) in [5, 5.41) is 0.373. The number of nitrogens with zero attached hydrogens (tertiary/aromatic N) is 3. The number of aldehydes is 1. The summed E-state index contributed by atoms with van der Waals surface area (Å²) in [5.74, 6) is 0. The van der Waals surface area contributed by atoms with Crippen LogP contribution < -0.4 is 0 Å². The highest BCUT2D eigenvalue weighted by molar-refractivity contribution is 6.29. The normalized spacial score (nSPS) is 10.4. The van der Waals surface area contributed by atoms with E-state index in [0.717, 1.165) is 0 Å². The van der Waals surface area contributed by atoms with Crippen LogP contribution >= 0.6 is 11.6 Å². The Morgan fingerprint density at radius 3 is 3.08 bits per heavy atom. The molecule has 12 heavy (non-hydrogen) atoms. The van der Waals surface area contributed by atoms with Gasteiger partial charge in [-0.15, -0.1) is 0 Å². The fourth-order valence-electron chi connectivity index (χ4n) is 0.951. The molecular formula is C7H4ClN3O. The highest BCUT2D eigenvalue weighted by Gasteiger charge is 1.99. The van der Waals surface area contributed by atoms with Crippen LogP contribution in [0.2, 0.25) is 5.15 Å². The van der Waals surface area contributed by atoms with Crippen molar-refractivity contribution >= 4 is 23.5 Å². The largest absolute Gasteiger partial charge is 0.302 e. The highest BCUT2D eigenvalue weighted by atomic mass is 35.5. The molecule has 0 aromatic carbocycles. The molecule has 2 heterocycles. The topological polar surface area (TPSA) is 47.3 Å². The van der Waals surface area contributed by atoms with Gasteiger partial charge in [-0.25, -0.2) is 9.97 Å². The average Bonchev–Trinajstić information content (AvgIpc) is 2.46. The summed E-state index contributed by atoms with van der Waals surface area (Å²) in [4.78, 5) is 18.1. The van der Waals surface area contributed by atoms with Gasteiger partial charge in [0.25, 0.3) is 0 Å². The van der Waals surface area contributed by atoms with E-state index in [9.17, 15) is 4.79 Å². The lowest BCUT2D eigenvalue weighted by atomic mass is 10.5. The Labute approximate surface area is 72.8 Å². The van der Waals surface area contributed by atoms with Gasteiger partial charge in [0.1, 0.15) is 10.8 Å². The predicted molar refractivity (Wildman–Crippen MR) is 43.4 cm³/mol. The highest BCUT2D eigenvalue weighted by Crippen LogP contribution is 2.06. The minimum absolute atomic E-state index is 0.373. The maximum Gasteiger partial charge on any atom is 0.170 e. The third kappa shape index (κ3) is 1.06. The molecule has 0 fully saturated rings. The van der Waals surface area contributed by atoms with Crippen LogP contribution in [0.4, 0.5) is 0 Å². The number of carbonyl (C=O) groups is 1. The number of aromatic nitrogens is 3. The molecule has 5 heteroatoms. The predicted octanol–water partition coefficient (Wildman–Crippen LogP) is 1.20. The number of carbonyl (C=O) groups excluding carboxylic acids is 1. The number of fused-ring (bicyclic) bond motifs is 1. The summed E-state index contributed by atoms with van der Waals surface area (Å²) in [6, 6.07) is 0. The van der Waals surface area contributed by atoms with Crippen molar-refractivity contribution in [2.45, 2.75) is 0 Å². The van der Waals surface area contributed by atoms with E-state index in [1.165, 1.54) is 6.20 Å². The molecule has 0 aliphatic heterocycles. The van der Waals surface area contributed by atoms with Crippen molar-refractivity contribution in [3.8, 4) is 0 Å². The summed E-state index contributed by atoms with van der Waals surface area (Å²) < 4.78 is 1.65. The maximum absolute atomic E-state index is 10.3. The van der Waals surface area contributed by atoms with Crippen molar-refractivity contribution in [2.75, 3.05) is 0 Å². The molecule has 0 amide bonds. The van der Waals surface area contributed by atoms with Gasteiger partial charge in [0.05, 0.1) is 6.20 Å². The van der Waals surface area contributed by atoms with Crippen LogP contribution in [0.1, 0.15) is 10.5 Å². The fourth-order valence-corrected chi connectivity index (χ4v) is 1.10. The van der Waals surface area contributed by atoms with Crippen LogP contribution in [0.25, 0.3) is 5.65 Å². The van der Waals surface area contributed by atoms with Gasteiger partial charge in [-0.2, -0.15) is 0 Å². The van der Waals surface area contributed by atoms with Crippen LogP contribution in [0.15, 0.2) is 18.6 Å². The molecule has 0 saturated heterocycles. The van der Waals surface area contributed by atoms with Gasteiger partial charge >= 0.3 is 0 Å². The fraction of sp³-hybridized carbons (Fsp3) is 0. The second-order valence-corrected chi connectivity index (χ2v) is 2.65. The summed E-state index contributed by atoms with van der Waals surface area (Å²) in [6.07, 6.45) is 5.38. The molecule has 0 bridgehead atoms. The van der Waals surface area contributed by atoms with Crippen LogP contribution in [0.3, 0.4) is 0 Å². The average molecular weight is 182 g/mol. The number of hydrogen-bond donors (Lipinski definition) is 0. The molecule has 0 aliphatic rings. The molecule has 0 radical (unpaired) electrons. The van der Waals surface area contributed by atoms with E-state index in [0.29, 0.717) is 22.8 Å². The Morgan fingerprint density at radius 2 is 2.33 bits per heavy atom. The van der Waals surface area contributed by atoms with E-state index in [2.05, 4.69) is 9.97 Å². The minimum atomic E-state index is 0.373. The minimum Gasteiger partial charge on any atom is -0.302 e. The maximum atomic E-state index is 10.3. The molecule has 0 atom stereocenters. The Morgan fingerprint density at radius 1 is 1.50 bits per heavy atom. The van der Waals surface area contributed by atoms with Crippen molar-refractivity contribution in [1.29, 1.82) is 0 Å². The van der Waals surface area contributed by atoms with Gasteiger partial charge in [0.15, 0.2) is 11.9 Å². The molecule has 2 aromatic heterocycles. The van der Waals surface area contributed by atoms with Crippen molar-refractivity contribution < 1.29 is 4.79 Å². The van der Waals surface area contributed by atoms with E-state index in [-0.39, 0.29) is 0 Å². The van der Waals surface area contributed by atoms with Gasteiger partial charge < -0.3 is 4.40 Å². The van der Waals surface area contributed by atoms with E-state index in [4.69, 9.17) is 11.6 Å². The first-order chi connectivity index (χ1) is 5.79. The van der Waals surface area contributed by atoms with Crippen LogP contribution in [-0.2, 0) is 0 Å². The second kappa shape index (κ2) is 2.57. The quantitative estimate of drug-likeness (QED) is 0.621. The van der Waals surface area contributed by atoms with Gasteiger partial charge in [0.2, 0.25) is 0 Å². The lowest BCUT2D eigenvalue weighted by Crippen LogP contribution is -1.84. The molecule has 2 aromatic rings. The Hall–Kier alpha value is -1.42. The Kier molecular flexibility index (Phi) is 1.55. The first-order valence-corrected chi connectivity index (χ1v) is 3.63. The SMILES string of the molecule is O=Cc1cn2cc(Cl)ncc2n1. The summed E-state index contributed by atoms with van der Waals surface area (Å²) in [7, 11) is 0. The van der Waals surface area contributed by atoms with Crippen molar-refractivity contribution in [2.24, 2.45) is 0 Å². The van der Waals surface area contributed by atoms with Gasteiger partial charge in [-0.05, 0) is 0 Å². The first kappa shape index (κ1) is 7.24. The molecule has 0 unspecified atom stereocenters. The lowest BCUT2D eigenvalue weighted by Gasteiger charge is -1.90. The monoisotopic (exact) mass is 181 g/mol. The van der Waals surface area contributed by atoms with Crippen molar-refractivity contribution in [3.05, 3.63) is 29.4 Å². The molecule has 4 nitrogen and oxygen atoms in total. The van der Waals surface area contributed by atoms with Crippen molar-refractivity contribution in [1.82, 2.24) is 14.4 Å². The Bertz CT molecular complexity index is 437. The molecule has 0 spiro atoms. The summed E-state index contributed by atoms with van der Waals surface area (Å²) in [6.45, 7) is 0. The number of imidazole rings is 1. The first-order valence-electron chi connectivity index (χ1n) is 3.25. The number of rotatable bonds is 1. The summed E-state index contributed by atoms with van der Waals surface area (Å²) >= 11 is 5.62. The van der Waals surface area contributed by atoms with E-state index >= 15 is 0 Å². The standard InChI is InChI=1S/C7H4ClN3O/c8-6-3-11-2-5(4-12)10-7(11)1-9-6/h1-4H. The smallest absolute Gasteiger partial charge is 0.170 e. The van der Waals surface area contributed by atoms with Gasteiger partial charge in [0, 0.05) is 12.4 Å². The third-order valence-electron chi connectivity index (χ3n) is 1.45. The van der Waals surface area contributed by atoms with Crippen LogP contribution in [-0.4, -0.2) is 20.7 Å². The number of halogens is 1. The molecule has 0 N–H and O–H groups in total. The molecule has 0 saturated carbocycles. The zero-order chi connectivity index (χ0) is 8.55. The van der Waals surface area contributed by atoms with E-state index in [1.807, 2.05) is 0 Å². The number of hydrogen-bond acceptors (Lipinski definition) is 3. The third-order valence-corrected chi connectivity index (χ3v) is 1.64. The van der Waals surface area contributed by atoms with E-state index in [1.54, 1.807) is 16.8 Å². The second-order valence-electron chi connectivity index (χ2n) is 2.26. The molecule has 0 aliphatic carbocycles. The van der Waals surface area contributed by atoms with Crippen LogP contribution in [0, 0.1) is 0 Å². The van der Waals surface area contributed by atoms with Crippen LogP contribution in [0.5, 0.6) is 0 Å². The van der Waals surface area contributed by atoms with Crippen molar-refractivity contribution in [3.63, 3.8) is 0 Å². The van der Waals surface area contributed by atoms with Gasteiger partial charge in [-0.3, -0.25) is 4.79 Å². The van der Waals surface area contributed by atoms with Gasteiger partial charge in [-0.1, -0.05) is 11.6 Å². The van der Waals surface area contributed by atoms with E-state index < -0.39 is 0 Å².